The summed E-state index contributed by atoms with van der Waals surface area (Å²) >= 11 is 1.77. The number of nitrogens with zero attached hydrogens (tertiary/aromatic N) is 1. The molecule has 0 radical (unpaired) electrons. The second-order valence-corrected chi connectivity index (χ2v) is 5.97. The summed E-state index contributed by atoms with van der Waals surface area (Å²) in [5, 5.41) is 11.3. The number of rotatable bonds is 3. The van der Waals surface area contributed by atoms with Crippen LogP contribution in [0.4, 0.5) is 0 Å². The molecule has 0 amide bonds. The molecule has 3 unspecified atom stereocenters. The van der Waals surface area contributed by atoms with E-state index in [1.165, 1.54) is 10.4 Å². The van der Waals surface area contributed by atoms with E-state index < -0.39 is 5.97 Å². The third kappa shape index (κ3) is 2.38. The van der Waals surface area contributed by atoms with Crippen LogP contribution in [0, 0.1) is 18.8 Å². The predicted molar refractivity (Wildman–Crippen MR) is 69.3 cm³/mol. The Labute approximate surface area is 106 Å². The summed E-state index contributed by atoms with van der Waals surface area (Å²) < 4.78 is 0. The van der Waals surface area contributed by atoms with E-state index in [0.29, 0.717) is 12.6 Å². The van der Waals surface area contributed by atoms with E-state index in [4.69, 9.17) is 5.11 Å². The van der Waals surface area contributed by atoms with Crippen LogP contribution in [0.1, 0.15) is 30.3 Å². The van der Waals surface area contributed by atoms with Crippen LogP contribution in [-0.2, 0) is 4.79 Å². The van der Waals surface area contributed by atoms with Gasteiger partial charge in [-0.3, -0.25) is 9.69 Å². The maximum atomic E-state index is 11.1. The molecule has 94 valence electrons. The van der Waals surface area contributed by atoms with E-state index in [1.54, 1.807) is 11.3 Å². The van der Waals surface area contributed by atoms with Gasteiger partial charge in [0.05, 0.1) is 5.92 Å². The van der Waals surface area contributed by atoms with Crippen LogP contribution in [0.15, 0.2) is 11.4 Å². The molecule has 0 aliphatic carbocycles. The lowest BCUT2D eigenvalue weighted by molar-refractivity contribution is -0.142. The third-order valence-electron chi connectivity index (χ3n) is 3.79. The largest absolute Gasteiger partial charge is 0.481 e. The van der Waals surface area contributed by atoms with E-state index in [9.17, 15) is 4.79 Å². The lowest BCUT2D eigenvalue weighted by atomic mass is 9.99. The van der Waals surface area contributed by atoms with Gasteiger partial charge in [0.2, 0.25) is 0 Å². The zero-order valence-corrected chi connectivity index (χ0v) is 11.3. The van der Waals surface area contributed by atoms with Gasteiger partial charge >= 0.3 is 5.97 Å². The molecule has 3 nitrogen and oxygen atoms in total. The van der Waals surface area contributed by atoms with Gasteiger partial charge in [0.15, 0.2) is 0 Å². The van der Waals surface area contributed by atoms with Crippen molar-refractivity contribution < 1.29 is 9.90 Å². The van der Waals surface area contributed by atoms with Gasteiger partial charge in [-0.15, -0.1) is 11.3 Å². The predicted octanol–water partition coefficient (Wildman–Crippen LogP) is 2.77. The summed E-state index contributed by atoms with van der Waals surface area (Å²) in [6.07, 6.45) is 0. The minimum atomic E-state index is -0.657. The quantitative estimate of drug-likeness (QED) is 0.900. The SMILES string of the molecule is Cc1ccsc1C(C)N1CC(C)C(C(=O)O)C1. The maximum Gasteiger partial charge on any atom is 0.308 e. The first-order valence-corrected chi connectivity index (χ1v) is 6.89. The second-order valence-electron chi connectivity index (χ2n) is 5.02. The van der Waals surface area contributed by atoms with Crippen LogP contribution < -0.4 is 0 Å². The van der Waals surface area contributed by atoms with Gasteiger partial charge in [-0.05, 0) is 36.8 Å². The van der Waals surface area contributed by atoms with Crippen molar-refractivity contribution in [2.45, 2.75) is 26.8 Å². The van der Waals surface area contributed by atoms with E-state index >= 15 is 0 Å². The molecule has 1 aliphatic heterocycles. The summed E-state index contributed by atoms with van der Waals surface area (Å²) in [6.45, 7) is 7.89. The Morgan fingerprint density at radius 2 is 2.29 bits per heavy atom. The smallest absolute Gasteiger partial charge is 0.308 e. The van der Waals surface area contributed by atoms with Crippen LogP contribution in [0.5, 0.6) is 0 Å². The zero-order chi connectivity index (χ0) is 12.6. The van der Waals surface area contributed by atoms with Gasteiger partial charge in [0, 0.05) is 24.0 Å². The molecule has 0 spiro atoms. The highest BCUT2D eigenvalue weighted by atomic mass is 32.1. The Bertz CT molecular complexity index is 415. The number of aliphatic carboxylic acids is 1. The van der Waals surface area contributed by atoms with Gasteiger partial charge in [0.1, 0.15) is 0 Å². The number of carboxylic acid groups (broad SMARTS) is 1. The molecule has 0 aromatic carbocycles. The number of aryl methyl sites for hydroxylation is 1. The van der Waals surface area contributed by atoms with Crippen molar-refractivity contribution in [2.75, 3.05) is 13.1 Å². The fourth-order valence-electron chi connectivity index (χ4n) is 2.62. The molecule has 1 fully saturated rings. The van der Waals surface area contributed by atoms with Crippen molar-refractivity contribution in [1.82, 2.24) is 4.90 Å². The van der Waals surface area contributed by atoms with Crippen LogP contribution in [0.25, 0.3) is 0 Å². The average molecular weight is 253 g/mol. The lowest BCUT2D eigenvalue weighted by Crippen LogP contribution is -2.26. The van der Waals surface area contributed by atoms with Crippen LogP contribution in [-0.4, -0.2) is 29.1 Å². The topological polar surface area (TPSA) is 40.5 Å². The van der Waals surface area contributed by atoms with Crippen molar-refractivity contribution in [3.63, 3.8) is 0 Å². The van der Waals surface area contributed by atoms with Gasteiger partial charge in [-0.2, -0.15) is 0 Å². The standard InChI is InChI=1S/C13H19NO2S/c1-8-4-5-17-12(8)10(3)14-6-9(2)11(7-14)13(15)16/h4-5,9-11H,6-7H2,1-3H3,(H,15,16). The Morgan fingerprint density at radius 3 is 2.76 bits per heavy atom. The normalized spacial score (nSPS) is 27.2. The molecule has 4 heteroatoms. The maximum absolute atomic E-state index is 11.1. The van der Waals surface area contributed by atoms with Crippen molar-refractivity contribution in [2.24, 2.45) is 11.8 Å². The first kappa shape index (κ1) is 12.6. The molecule has 1 aromatic heterocycles. The fraction of sp³-hybridized carbons (Fsp3) is 0.615. The Hall–Kier alpha value is -0.870. The average Bonchev–Trinajstić information content (AvgIpc) is 2.83. The molecular weight excluding hydrogens is 234 g/mol. The van der Waals surface area contributed by atoms with Crippen LogP contribution in [0.2, 0.25) is 0 Å². The Balaban J connectivity index is 2.10. The monoisotopic (exact) mass is 253 g/mol. The molecule has 1 aromatic rings. The first-order valence-electron chi connectivity index (χ1n) is 6.01. The third-order valence-corrected chi connectivity index (χ3v) is 4.98. The van der Waals surface area contributed by atoms with Crippen LogP contribution >= 0.6 is 11.3 Å². The molecular formula is C13H19NO2S. The highest BCUT2D eigenvalue weighted by Gasteiger charge is 2.37. The minimum Gasteiger partial charge on any atom is -0.481 e. The number of thiophene rings is 1. The van der Waals surface area contributed by atoms with E-state index in [-0.39, 0.29) is 11.8 Å². The molecule has 3 atom stereocenters. The summed E-state index contributed by atoms with van der Waals surface area (Å²) in [6, 6.07) is 2.46. The van der Waals surface area contributed by atoms with Crippen molar-refractivity contribution >= 4 is 17.3 Å². The molecule has 2 rings (SSSR count). The van der Waals surface area contributed by atoms with Crippen molar-refractivity contribution in [3.8, 4) is 0 Å². The Kier molecular flexibility index (Phi) is 3.54. The summed E-state index contributed by atoms with van der Waals surface area (Å²) in [5.74, 6) is -0.622. The van der Waals surface area contributed by atoms with Crippen molar-refractivity contribution in [1.29, 1.82) is 0 Å². The van der Waals surface area contributed by atoms with Gasteiger partial charge in [-0.1, -0.05) is 6.92 Å². The zero-order valence-electron chi connectivity index (χ0n) is 10.5. The van der Waals surface area contributed by atoms with Crippen molar-refractivity contribution in [3.05, 3.63) is 21.9 Å². The summed E-state index contributed by atoms with van der Waals surface area (Å²) in [4.78, 5) is 14.8. The second kappa shape index (κ2) is 4.78. The molecule has 0 saturated carbocycles. The highest BCUT2D eigenvalue weighted by molar-refractivity contribution is 7.10. The molecule has 0 bridgehead atoms. The lowest BCUT2D eigenvalue weighted by Gasteiger charge is -2.24. The van der Waals surface area contributed by atoms with Gasteiger partial charge < -0.3 is 5.11 Å². The molecule has 2 heterocycles. The first-order chi connectivity index (χ1) is 8.00. The molecule has 1 saturated heterocycles. The Morgan fingerprint density at radius 1 is 1.59 bits per heavy atom. The molecule has 1 N–H and O–H groups in total. The summed E-state index contributed by atoms with van der Waals surface area (Å²) in [5.41, 5.74) is 1.31. The molecule has 1 aliphatic rings. The number of carboxylic acids is 1. The number of hydrogen-bond donors (Lipinski definition) is 1. The van der Waals surface area contributed by atoms with E-state index in [2.05, 4.69) is 30.2 Å². The van der Waals surface area contributed by atoms with Gasteiger partial charge in [-0.25, -0.2) is 0 Å². The fourth-order valence-corrected chi connectivity index (χ4v) is 3.64. The number of likely N-dealkylation sites (tertiary alicyclic amines) is 1. The summed E-state index contributed by atoms with van der Waals surface area (Å²) in [7, 11) is 0. The van der Waals surface area contributed by atoms with Gasteiger partial charge in [0.25, 0.3) is 0 Å². The van der Waals surface area contributed by atoms with E-state index in [0.717, 1.165) is 6.54 Å². The highest BCUT2D eigenvalue weighted by Crippen LogP contribution is 2.34. The number of hydrogen-bond acceptors (Lipinski definition) is 3. The minimum absolute atomic E-state index is 0.210. The van der Waals surface area contributed by atoms with E-state index in [1.807, 2.05) is 6.92 Å². The number of carbonyl (C=O) groups is 1. The molecule has 17 heavy (non-hydrogen) atoms. The van der Waals surface area contributed by atoms with Crippen LogP contribution in [0.3, 0.4) is 0 Å².